The molecule has 0 spiro atoms. The van der Waals surface area contributed by atoms with Gasteiger partial charge < -0.3 is 4.90 Å². The molecular formula is C12H14F3N2. The first kappa shape index (κ1) is 12.2. The summed E-state index contributed by atoms with van der Waals surface area (Å²) in [5.41, 5.74) is -0.832. The van der Waals surface area contributed by atoms with Gasteiger partial charge in [-0.3, -0.25) is 0 Å². The Hall–Kier alpha value is -1.26. The van der Waals surface area contributed by atoms with Crippen LogP contribution in [0.25, 0.3) is 0 Å². The minimum atomic E-state index is -4.38. The van der Waals surface area contributed by atoms with E-state index in [1.807, 2.05) is 4.90 Å². The van der Waals surface area contributed by atoms with Crippen LogP contribution >= 0.6 is 0 Å². The van der Waals surface area contributed by atoms with E-state index in [2.05, 4.69) is 11.9 Å². The Kier molecular flexibility index (Phi) is 3.26. The lowest BCUT2D eigenvalue weighted by Gasteiger charge is -2.32. The molecule has 1 aliphatic heterocycles. The van der Waals surface area contributed by atoms with Crippen LogP contribution in [0, 0.1) is 12.8 Å². The molecule has 1 saturated heterocycles. The van der Waals surface area contributed by atoms with Crippen molar-refractivity contribution < 1.29 is 13.2 Å². The molecule has 2 rings (SSSR count). The number of aromatic nitrogens is 1. The monoisotopic (exact) mass is 243 g/mol. The Balaban J connectivity index is 2.21. The van der Waals surface area contributed by atoms with Crippen LogP contribution in [0.1, 0.15) is 18.5 Å². The number of rotatable bonds is 1. The van der Waals surface area contributed by atoms with Crippen LogP contribution in [0.4, 0.5) is 19.0 Å². The van der Waals surface area contributed by atoms with Gasteiger partial charge in [-0.25, -0.2) is 4.98 Å². The third kappa shape index (κ3) is 2.90. The van der Waals surface area contributed by atoms with Crippen LogP contribution in [-0.4, -0.2) is 18.1 Å². The van der Waals surface area contributed by atoms with Crippen molar-refractivity contribution in [2.75, 3.05) is 18.0 Å². The molecule has 0 bridgehead atoms. The summed E-state index contributed by atoms with van der Waals surface area (Å²) in [6, 6.07) is 4.01. The van der Waals surface area contributed by atoms with Crippen LogP contribution in [0.3, 0.4) is 0 Å². The van der Waals surface area contributed by atoms with Crippen molar-refractivity contribution in [1.29, 1.82) is 0 Å². The normalized spacial score (nSPS) is 21.6. The first-order valence-electron chi connectivity index (χ1n) is 5.59. The molecule has 0 amide bonds. The highest BCUT2D eigenvalue weighted by Gasteiger charge is 2.33. The fraction of sp³-hybridized carbons (Fsp3) is 0.500. The maximum absolute atomic E-state index is 12.5. The first-order valence-corrected chi connectivity index (χ1v) is 5.59. The van der Waals surface area contributed by atoms with Gasteiger partial charge in [0.25, 0.3) is 0 Å². The maximum Gasteiger partial charge on any atom is 0.433 e. The summed E-state index contributed by atoms with van der Waals surface area (Å²) in [5.74, 6) is 0.660. The van der Waals surface area contributed by atoms with E-state index in [1.165, 1.54) is 6.07 Å². The molecular weight excluding hydrogens is 229 g/mol. The average Bonchev–Trinajstić information content (AvgIpc) is 2.28. The first-order chi connectivity index (χ1) is 7.97. The number of piperidine rings is 1. The SMILES string of the molecule is [CH2][C@H]1CCCN(c2cccc(C(F)(F)F)n2)C1. The van der Waals surface area contributed by atoms with Gasteiger partial charge >= 0.3 is 6.18 Å². The maximum atomic E-state index is 12.5. The molecule has 1 fully saturated rings. The molecule has 2 heterocycles. The molecule has 0 unspecified atom stereocenters. The molecule has 0 aromatic carbocycles. The second-order valence-corrected chi connectivity index (χ2v) is 4.33. The molecule has 1 aromatic rings. The van der Waals surface area contributed by atoms with E-state index in [0.29, 0.717) is 12.4 Å². The summed E-state index contributed by atoms with van der Waals surface area (Å²) in [6.45, 7) is 5.38. The Labute approximate surface area is 98.5 Å². The lowest BCUT2D eigenvalue weighted by atomic mass is 10.0. The highest BCUT2D eigenvalue weighted by atomic mass is 19.4. The van der Waals surface area contributed by atoms with E-state index < -0.39 is 11.9 Å². The third-order valence-electron chi connectivity index (χ3n) is 2.87. The fourth-order valence-corrected chi connectivity index (χ4v) is 2.03. The van der Waals surface area contributed by atoms with Gasteiger partial charge in [0.15, 0.2) is 0 Å². The Bertz CT molecular complexity index is 390. The topological polar surface area (TPSA) is 16.1 Å². The summed E-state index contributed by atoms with van der Waals surface area (Å²) < 4.78 is 37.6. The largest absolute Gasteiger partial charge is 0.433 e. The average molecular weight is 243 g/mol. The number of hydrogen-bond donors (Lipinski definition) is 0. The molecule has 1 radical (unpaired) electrons. The van der Waals surface area contributed by atoms with E-state index in [-0.39, 0.29) is 5.92 Å². The third-order valence-corrected chi connectivity index (χ3v) is 2.87. The van der Waals surface area contributed by atoms with Crippen molar-refractivity contribution in [3.05, 3.63) is 30.8 Å². The van der Waals surface area contributed by atoms with Crippen molar-refractivity contribution >= 4 is 5.82 Å². The molecule has 2 nitrogen and oxygen atoms in total. The molecule has 0 N–H and O–H groups in total. The fourth-order valence-electron chi connectivity index (χ4n) is 2.03. The molecule has 1 aromatic heterocycles. The number of nitrogens with zero attached hydrogens (tertiary/aromatic N) is 2. The summed E-state index contributed by atoms with van der Waals surface area (Å²) >= 11 is 0. The number of halogens is 3. The van der Waals surface area contributed by atoms with Gasteiger partial charge in [0.1, 0.15) is 11.5 Å². The molecule has 93 valence electrons. The molecule has 17 heavy (non-hydrogen) atoms. The summed E-state index contributed by atoms with van der Waals surface area (Å²) in [4.78, 5) is 5.55. The minimum absolute atomic E-state index is 0.264. The number of alkyl halides is 3. The smallest absolute Gasteiger partial charge is 0.356 e. The number of pyridine rings is 1. The summed E-state index contributed by atoms with van der Waals surface area (Å²) in [7, 11) is 0. The number of hydrogen-bond acceptors (Lipinski definition) is 2. The van der Waals surface area contributed by atoms with Gasteiger partial charge in [-0.15, -0.1) is 0 Å². The summed E-state index contributed by atoms with van der Waals surface area (Å²) in [6.07, 6.45) is -2.41. The van der Waals surface area contributed by atoms with Gasteiger partial charge in [-0.1, -0.05) is 6.07 Å². The second-order valence-electron chi connectivity index (χ2n) is 4.33. The van der Waals surface area contributed by atoms with E-state index in [4.69, 9.17) is 0 Å². The van der Waals surface area contributed by atoms with Gasteiger partial charge in [0.2, 0.25) is 0 Å². The van der Waals surface area contributed by atoms with Crippen molar-refractivity contribution in [2.24, 2.45) is 5.92 Å². The van der Waals surface area contributed by atoms with Crippen LogP contribution in [-0.2, 0) is 6.18 Å². The summed E-state index contributed by atoms with van der Waals surface area (Å²) in [5, 5.41) is 0. The van der Waals surface area contributed by atoms with E-state index in [0.717, 1.165) is 25.5 Å². The van der Waals surface area contributed by atoms with Crippen molar-refractivity contribution in [3.63, 3.8) is 0 Å². The van der Waals surface area contributed by atoms with E-state index in [9.17, 15) is 13.2 Å². The van der Waals surface area contributed by atoms with Crippen molar-refractivity contribution in [2.45, 2.75) is 19.0 Å². The predicted molar refractivity (Wildman–Crippen MR) is 59.5 cm³/mol. The zero-order valence-corrected chi connectivity index (χ0v) is 9.37. The predicted octanol–water partition coefficient (Wildman–Crippen LogP) is 3.15. The Morgan fingerprint density at radius 2 is 2.12 bits per heavy atom. The lowest BCUT2D eigenvalue weighted by molar-refractivity contribution is -0.141. The van der Waals surface area contributed by atoms with Crippen LogP contribution in [0.5, 0.6) is 0 Å². The molecule has 1 aliphatic rings. The lowest BCUT2D eigenvalue weighted by Crippen LogP contribution is -2.35. The zero-order valence-electron chi connectivity index (χ0n) is 9.37. The van der Waals surface area contributed by atoms with E-state index >= 15 is 0 Å². The number of anilines is 1. The molecule has 0 saturated carbocycles. The second kappa shape index (κ2) is 4.55. The van der Waals surface area contributed by atoms with Gasteiger partial charge in [-0.2, -0.15) is 13.2 Å². The highest BCUT2D eigenvalue weighted by molar-refractivity contribution is 5.40. The van der Waals surface area contributed by atoms with Crippen LogP contribution < -0.4 is 4.90 Å². The van der Waals surface area contributed by atoms with Crippen molar-refractivity contribution in [3.8, 4) is 0 Å². The van der Waals surface area contributed by atoms with Gasteiger partial charge in [0.05, 0.1) is 0 Å². The van der Waals surface area contributed by atoms with Crippen LogP contribution in [0.2, 0.25) is 0 Å². The van der Waals surface area contributed by atoms with Gasteiger partial charge in [0, 0.05) is 13.1 Å². The molecule has 5 heteroatoms. The van der Waals surface area contributed by atoms with E-state index in [1.54, 1.807) is 6.07 Å². The minimum Gasteiger partial charge on any atom is -0.356 e. The quantitative estimate of drug-likeness (QED) is 0.753. The molecule has 1 atom stereocenters. The Morgan fingerprint density at radius 1 is 1.35 bits per heavy atom. The zero-order chi connectivity index (χ0) is 12.5. The van der Waals surface area contributed by atoms with Crippen molar-refractivity contribution in [1.82, 2.24) is 4.98 Å². The molecule has 0 aliphatic carbocycles. The highest BCUT2D eigenvalue weighted by Crippen LogP contribution is 2.29. The van der Waals surface area contributed by atoms with Crippen LogP contribution in [0.15, 0.2) is 18.2 Å². The van der Waals surface area contributed by atoms with Gasteiger partial charge in [-0.05, 0) is 37.8 Å². The Morgan fingerprint density at radius 3 is 2.76 bits per heavy atom. The standard InChI is InChI=1S/C12H14F3N2/c1-9-4-3-7-17(8-9)11-6-2-5-10(16-11)12(13,14)15/h2,5-6,9H,1,3-4,7-8H2/t9-/m0/s1.